The lowest BCUT2D eigenvalue weighted by atomic mass is 9.98. The lowest BCUT2D eigenvalue weighted by molar-refractivity contribution is -0.384. The molecule has 0 spiro atoms. The highest BCUT2D eigenvalue weighted by atomic mass is 32.2. The van der Waals surface area contributed by atoms with Gasteiger partial charge >= 0.3 is 0 Å². The molecular formula is C28H33FN4O6S. The van der Waals surface area contributed by atoms with Crippen LogP contribution in [0.1, 0.15) is 31.5 Å². The van der Waals surface area contributed by atoms with Crippen molar-refractivity contribution in [1.29, 1.82) is 0 Å². The van der Waals surface area contributed by atoms with Crippen molar-refractivity contribution in [3.63, 3.8) is 0 Å². The molecule has 2 aliphatic rings. The number of ether oxygens (including phenoxy) is 3. The molecule has 3 aromatic rings. The monoisotopic (exact) mass is 572 g/mol. The van der Waals surface area contributed by atoms with E-state index in [9.17, 15) is 19.3 Å². The van der Waals surface area contributed by atoms with E-state index in [-0.39, 0.29) is 11.1 Å². The number of non-ortho nitro benzene ring substituents is 1. The van der Waals surface area contributed by atoms with Crippen LogP contribution in [-0.2, 0) is 10.5 Å². The van der Waals surface area contributed by atoms with Crippen LogP contribution in [0.3, 0.4) is 0 Å². The molecule has 0 radical (unpaired) electrons. The Bertz CT molecular complexity index is 1360. The van der Waals surface area contributed by atoms with Crippen LogP contribution in [-0.4, -0.2) is 71.1 Å². The maximum absolute atomic E-state index is 14.8. The minimum absolute atomic E-state index is 0.0398. The summed E-state index contributed by atoms with van der Waals surface area (Å²) in [6.07, 6.45) is 3.84. The molecule has 0 bridgehead atoms. The molecule has 2 fully saturated rings. The van der Waals surface area contributed by atoms with Crippen molar-refractivity contribution in [2.24, 2.45) is 5.92 Å². The highest BCUT2D eigenvalue weighted by Gasteiger charge is 2.21. The van der Waals surface area contributed by atoms with Gasteiger partial charge in [-0.2, -0.15) is 11.8 Å². The van der Waals surface area contributed by atoms with Crippen LogP contribution in [0.15, 0.2) is 41.2 Å². The highest BCUT2D eigenvalue weighted by Crippen LogP contribution is 2.27. The van der Waals surface area contributed by atoms with Gasteiger partial charge in [-0.05, 0) is 56.8 Å². The van der Waals surface area contributed by atoms with E-state index < -0.39 is 16.3 Å². The second kappa shape index (κ2) is 13.4. The quantitative estimate of drug-likeness (QED) is 0.261. The minimum atomic E-state index is -0.632. The number of nitro groups is 1. The molecule has 12 heteroatoms. The van der Waals surface area contributed by atoms with Gasteiger partial charge in [-0.25, -0.2) is 9.37 Å². The summed E-state index contributed by atoms with van der Waals surface area (Å²) in [6, 6.07) is 9.00. The number of aromatic nitrogens is 2. The largest absolute Gasteiger partial charge is 0.493 e. The second-order valence-electron chi connectivity index (χ2n) is 10.1. The van der Waals surface area contributed by atoms with Gasteiger partial charge in [-0.15, -0.1) is 0 Å². The Morgan fingerprint density at radius 2 is 1.85 bits per heavy atom. The Morgan fingerprint density at radius 3 is 2.58 bits per heavy atom. The zero-order valence-electron chi connectivity index (χ0n) is 22.2. The number of piperidine rings is 1. The zero-order chi connectivity index (χ0) is 27.9. The first-order valence-electron chi connectivity index (χ1n) is 13.6. The Labute approximate surface area is 235 Å². The van der Waals surface area contributed by atoms with Gasteiger partial charge < -0.3 is 19.2 Å². The van der Waals surface area contributed by atoms with Crippen LogP contribution in [0.4, 0.5) is 10.1 Å². The van der Waals surface area contributed by atoms with Crippen LogP contribution >= 0.6 is 11.8 Å². The summed E-state index contributed by atoms with van der Waals surface area (Å²) in [7, 11) is 0. The average Bonchev–Trinajstić information content (AvgIpc) is 2.96. The predicted molar refractivity (Wildman–Crippen MR) is 151 cm³/mol. The van der Waals surface area contributed by atoms with E-state index >= 15 is 0 Å². The first-order chi connectivity index (χ1) is 19.4. The number of rotatable bonds is 11. The van der Waals surface area contributed by atoms with Gasteiger partial charge in [-0.3, -0.25) is 19.8 Å². The van der Waals surface area contributed by atoms with Gasteiger partial charge in [0.05, 0.1) is 22.8 Å². The third kappa shape index (κ3) is 7.49. The van der Waals surface area contributed by atoms with E-state index in [0.717, 1.165) is 58.5 Å². The molecule has 0 unspecified atom stereocenters. The maximum atomic E-state index is 14.8. The van der Waals surface area contributed by atoms with Gasteiger partial charge in [0.25, 0.3) is 11.2 Å². The van der Waals surface area contributed by atoms with Crippen LogP contribution in [0.2, 0.25) is 0 Å². The molecule has 214 valence electrons. The molecule has 1 N–H and O–H groups in total. The number of H-pyrrole nitrogens is 1. The van der Waals surface area contributed by atoms with Gasteiger partial charge in [0, 0.05) is 49.3 Å². The number of halogens is 1. The molecule has 2 aliphatic heterocycles. The fourth-order valence-corrected chi connectivity index (χ4v) is 6.04. The summed E-state index contributed by atoms with van der Waals surface area (Å²) >= 11 is 1.74. The molecule has 1 aromatic heterocycles. The van der Waals surface area contributed by atoms with Crippen molar-refractivity contribution in [3.05, 3.63) is 68.5 Å². The van der Waals surface area contributed by atoms with Crippen LogP contribution in [0.25, 0.3) is 10.9 Å². The van der Waals surface area contributed by atoms with Crippen LogP contribution in [0.5, 0.6) is 11.5 Å². The summed E-state index contributed by atoms with van der Waals surface area (Å²) in [5, 5.41) is 11.2. The maximum Gasteiger partial charge on any atom is 0.269 e. The van der Waals surface area contributed by atoms with Gasteiger partial charge in [0.15, 0.2) is 0 Å². The number of nitro benzene ring substituents is 1. The smallest absolute Gasteiger partial charge is 0.269 e. The lowest BCUT2D eigenvalue weighted by Gasteiger charge is -2.31. The van der Waals surface area contributed by atoms with E-state index in [2.05, 4.69) is 14.9 Å². The standard InChI is InChI=1S/C28H33FN4O6S/c29-24-15-22(16-25-27(24)28(34)31-26(30-25)18-40-23-7-12-37-13-8-23)39-17-19-5-9-32(10-6-19)11-14-38-21-3-1-20(2-4-21)33(35)36/h1-4,15-16,19,23H,5-14,17-18H2,(H,30,31,34). The van der Waals surface area contributed by atoms with E-state index in [1.165, 1.54) is 18.2 Å². The topological polar surface area (TPSA) is 120 Å². The number of thioether (sulfide) groups is 1. The van der Waals surface area contributed by atoms with Crippen molar-refractivity contribution in [3.8, 4) is 11.5 Å². The number of hydrogen-bond donors (Lipinski definition) is 1. The van der Waals surface area contributed by atoms with Crippen molar-refractivity contribution in [2.75, 3.05) is 46.1 Å². The molecule has 3 heterocycles. The zero-order valence-corrected chi connectivity index (χ0v) is 23.0. The van der Waals surface area contributed by atoms with Crippen molar-refractivity contribution in [1.82, 2.24) is 14.9 Å². The highest BCUT2D eigenvalue weighted by molar-refractivity contribution is 7.99. The lowest BCUT2D eigenvalue weighted by Crippen LogP contribution is -2.37. The normalized spacial score (nSPS) is 17.2. The Morgan fingerprint density at radius 1 is 1.10 bits per heavy atom. The molecular weight excluding hydrogens is 539 g/mol. The van der Waals surface area contributed by atoms with Crippen molar-refractivity contribution in [2.45, 2.75) is 36.7 Å². The molecule has 10 nitrogen and oxygen atoms in total. The van der Waals surface area contributed by atoms with E-state index in [4.69, 9.17) is 14.2 Å². The molecule has 0 saturated carbocycles. The van der Waals surface area contributed by atoms with Gasteiger partial charge in [-0.1, -0.05) is 0 Å². The SMILES string of the molecule is O=c1[nH]c(CSC2CCOCC2)nc2cc(OCC3CCN(CCOc4ccc([N+](=O)[O-])cc4)CC3)cc(F)c12. The molecule has 0 aliphatic carbocycles. The van der Waals surface area contributed by atoms with Crippen LogP contribution in [0, 0.1) is 21.8 Å². The Hall–Kier alpha value is -3.22. The minimum Gasteiger partial charge on any atom is -0.493 e. The number of fused-ring (bicyclic) bond motifs is 1. The molecule has 5 rings (SSSR count). The number of likely N-dealkylation sites (tertiary alicyclic amines) is 1. The Balaban J connectivity index is 1.08. The van der Waals surface area contributed by atoms with Crippen molar-refractivity contribution < 1.29 is 23.5 Å². The van der Waals surface area contributed by atoms with Gasteiger partial charge in [0.1, 0.15) is 35.1 Å². The summed E-state index contributed by atoms with van der Waals surface area (Å²) in [5.41, 5.74) is -0.122. The summed E-state index contributed by atoms with van der Waals surface area (Å²) in [4.78, 5) is 32.5. The van der Waals surface area contributed by atoms with Crippen LogP contribution < -0.4 is 15.0 Å². The first-order valence-corrected chi connectivity index (χ1v) is 14.6. The first kappa shape index (κ1) is 28.3. The van der Waals surface area contributed by atoms with Crippen molar-refractivity contribution >= 4 is 28.4 Å². The molecule has 2 saturated heterocycles. The number of nitrogens with one attached hydrogen (secondary N) is 1. The summed E-state index contributed by atoms with van der Waals surface area (Å²) < 4.78 is 31.9. The molecule has 2 aromatic carbocycles. The second-order valence-corrected chi connectivity index (χ2v) is 11.4. The number of aromatic amines is 1. The fraction of sp³-hybridized carbons (Fsp3) is 0.500. The van der Waals surface area contributed by atoms with E-state index in [0.29, 0.717) is 53.0 Å². The molecule has 0 atom stereocenters. The third-order valence-corrected chi connectivity index (χ3v) is 8.71. The van der Waals surface area contributed by atoms with E-state index in [1.54, 1.807) is 30.0 Å². The Kier molecular flexibility index (Phi) is 9.50. The molecule has 0 amide bonds. The number of hydrogen-bond acceptors (Lipinski definition) is 9. The predicted octanol–water partition coefficient (Wildman–Crippen LogP) is 4.55. The molecule has 40 heavy (non-hydrogen) atoms. The fourth-order valence-electron chi connectivity index (χ4n) is 4.99. The number of benzene rings is 2. The summed E-state index contributed by atoms with van der Waals surface area (Å²) in [5.74, 6) is 1.79. The summed E-state index contributed by atoms with van der Waals surface area (Å²) in [6.45, 7) is 5.02. The number of nitrogens with zero attached hydrogens (tertiary/aromatic N) is 3. The average molecular weight is 573 g/mol. The van der Waals surface area contributed by atoms with E-state index in [1.807, 2.05) is 0 Å². The van der Waals surface area contributed by atoms with Gasteiger partial charge in [0.2, 0.25) is 0 Å². The third-order valence-electron chi connectivity index (χ3n) is 7.32.